The first kappa shape index (κ1) is 16.8. The van der Waals surface area contributed by atoms with Crippen molar-refractivity contribution in [1.29, 1.82) is 0 Å². The van der Waals surface area contributed by atoms with E-state index in [0.29, 0.717) is 0 Å². The molecule has 3 unspecified atom stereocenters. The number of nitrogens with one attached hydrogen (secondary N) is 2. The van der Waals surface area contributed by atoms with Crippen molar-refractivity contribution in [2.75, 3.05) is 0 Å². The molecule has 0 spiro atoms. The third kappa shape index (κ3) is 4.47. The van der Waals surface area contributed by atoms with Crippen LogP contribution >= 0.6 is 0 Å². The van der Waals surface area contributed by atoms with Crippen LogP contribution in [0, 0.1) is 0 Å². The Morgan fingerprint density at radius 1 is 1.41 bits per heavy atom. The summed E-state index contributed by atoms with van der Waals surface area (Å²) in [5, 5.41) is 6.59. The Balaban J connectivity index is 1.91. The van der Waals surface area contributed by atoms with E-state index in [4.69, 9.17) is 4.74 Å². The van der Waals surface area contributed by atoms with Crippen molar-refractivity contribution >= 4 is 6.09 Å². The highest BCUT2D eigenvalue weighted by Gasteiger charge is 2.31. The number of hydrogen-bond acceptors (Lipinski definition) is 4. The van der Waals surface area contributed by atoms with Gasteiger partial charge in [-0.1, -0.05) is 0 Å². The van der Waals surface area contributed by atoms with Gasteiger partial charge in [-0.15, -0.1) is 0 Å². The number of rotatable bonds is 4. The lowest BCUT2D eigenvalue weighted by molar-refractivity contribution is 0.0497. The van der Waals surface area contributed by atoms with Crippen LogP contribution in [0.3, 0.4) is 0 Å². The molecule has 6 heteroatoms. The maximum Gasteiger partial charge on any atom is 0.407 e. The van der Waals surface area contributed by atoms with Gasteiger partial charge in [-0.3, -0.25) is 0 Å². The number of aromatic nitrogens is 2. The van der Waals surface area contributed by atoms with E-state index in [2.05, 4.69) is 22.5 Å². The van der Waals surface area contributed by atoms with Gasteiger partial charge in [0.1, 0.15) is 11.4 Å². The van der Waals surface area contributed by atoms with Crippen molar-refractivity contribution in [1.82, 2.24) is 20.2 Å². The van der Waals surface area contributed by atoms with Gasteiger partial charge in [0.05, 0.1) is 6.04 Å². The topological polar surface area (TPSA) is 68.2 Å². The van der Waals surface area contributed by atoms with Gasteiger partial charge in [-0.25, -0.2) is 9.78 Å². The molecular formula is C16H28N4O2. The highest BCUT2D eigenvalue weighted by atomic mass is 16.6. The Hall–Kier alpha value is -1.56. The molecule has 1 aliphatic rings. The van der Waals surface area contributed by atoms with Crippen LogP contribution in [0.25, 0.3) is 0 Å². The number of imidazole rings is 1. The molecule has 1 aliphatic carbocycles. The molecule has 0 saturated heterocycles. The first-order valence-corrected chi connectivity index (χ1v) is 7.99. The monoisotopic (exact) mass is 308 g/mol. The molecule has 124 valence electrons. The Kier molecular flexibility index (Phi) is 5.11. The highest BCUT2D eigenvalue weighted by Crippen LogP contribution is 2.23. The van der Waals surface area contributed by atoms with Crippen molar-refractivity contribution in [3.63, 3.8) is 0 Å². The van der Waals surface area contributed by atoms with Gasteiger partial charge >= 0.3 is 6.09 Å². The van der Waals surface area contributed by atoms with Crippen LogP contribution in [-0.4, -0.2) is 33.3 Å². The minimum absolute atomic E-state index is 0.109. The maximum atomic E-state index is 12.0. The van der Waals surface area contributed by atoms with Gasteiger partial charge in [-0.05, 0) is 47.0 Å². The zero-order valence-electron chi connectivity index (χ0n) is 14.2. The predicted molar refractivity (Wildman–Crippen MR) is 85.6 cm³/mol. The van der Waals surface area contributed by atoms with Crippen molar-refractivity contribution in [3.8, 4) is 0 Å². The number of aryl methyl sites for hydroxylation is 1. The van der Waals surface area contributed by atoms with Crippen LogP contribution in [-0.2, 0) is 11.8 Å². The second-order valence-corrected chi connectivity index (χ2v) is 7.07. The van der Waals surface area contributed by atoms with Crippen LogP contribution in [0.1, 0.15) is 58.8 Å². The fourth-order valence-corrected chi connectivity index (χ4v) is 2.98. The summed E-state index contributed by atoms with van der Waals surface area (Å²) in [6, 6.07) is 0.503. The first-order chi connectivity index (χ1) is 10.3. The van der Waals surface area contributed by atoms with Crippen LogP contribution in [0.15, 0.2) is 12.4 Å². The van der Waals surface area contributed by atoms with Gasteiger partial charge in [0.25, 0.3) is 0 Å². The normalized spacial score (nSPS) is 23.3. The molecule has 0 radical (unpaired) electrons. The summed E-state index contributed by atoms with van der Waals surface area (Å²) >= 11 is 0. The number of nitrogens with zero attached hydrogens (tertiary/aromatic N) is 2. The lowest BCUT2D eigenvalue weighted by Gasteiger charge is -2.27. The average Bonchev–Trinajstić information content (AvgIpc) is 2.96. The van der Waals surface area contributed by atoms with Gasteiger partial charge in [0.2, 0.25) is 0 Å². The third-order valence-corrected chi connectivity index (χ3v) is 3.93. The second kappa shape index (κ2) is 6.69. The minimum Gasteiger partial charge on any atom is -0.444 e. The van der Waals surface area contributed by atoms with Crippen molar-refractivity contribution in [3.05, 3.63) is 18.2 Å². The molecule has 22 heavy (non-hydrogen) atoms. The van der Waals surface area contributed by atoms with Crippen LogP contribution < -0.4 is 10.6 Å². The van der Waals surface area contributed by atoms with Crippen LogP contribution in [0.4, 0.5) is 4.79 Å². The molecule has 0 aliphatic heterocycles. The number of ether oxygens (including phenoxy) is 1. The minimum atomic E-state index is -0.466. The lowest BCUT2D eigenvalue weighted by Crippen LogP contribution is -2.48. The molecule has 0 bridgehead atoms. The summed E-state index contributed by atoms with van der Waals surface area (Å²) in [5.74, 6) is 1.00. The van der Waals surface area contributed by atoms with E-state index >= 15 is 0 Å². The third-order valence-electron chi connectivity index (χ3n) is 3.93. The Labute approximate surface area is 132 Å². The van der Waals surface area contributed by atoms with Crippen molar-refractivity contribution < 1.29 is 9.53 Å². The fourth-order valence-electron chi connectivity index (χ4n) is 2.98. The first-order valence-electron chi connectivity index (χ1n) is 7.99. The number of carbonyl (C=O) groups is 1. The lowest BCUT2D eigenvalue weighted by atomic mass is 10.1. The quantitative estimate of drug-likeness (QED) is 0.897. The molecule has 1 aromatic rings. The number of carbonyl (C=O) groups excluding carboxylic acids is 1. The Morgan fingerprint density at radius 2 is 2.09 bits per heavy atom. The summed E-state index contributed by atoms with van der Waals surface area (Å²) in [6.45, 7) is 7.73. The Bertz CT molecular complexity index is 506. The number of hydrogen-bond donors (Lipinski definition) is 2. The van der Waals surface area contributed by atoms with E-state index in [0.717, 1.165) is 25.1 Å². The van der Waals surface area contributed by atoms with E-state index in [9.17, 15) is 4.79 Å². The molecule has 3 atom stereocenters. The molecule has 1 heterocycles. The molecule has 1 fully saturated rings. The van der Waals surface area contributed by atoms with Crippen molar-refractivity contribution in [2.45, 2.75) is 70.7 Å². The molecule has 6 nitrogen and oxygen atoms in total. The Morgan fingerprint density at radius 3 is 2.68 bits per heavy atom. The summed E-state index contributed by atoms with van der Waals surface area (Å²) in [4.78, 5) is 16.3. The molecule has 1 aromatic heterocycles. The zero-order chi connectivity index (χ0) is 16.3. The molecular weight excluding hydrogens is 280 g/mol. The highest BCUT2D eigenvalue weighted by molar-refractivity contribution is 5.68. The zero-order valence-corrected chi connectivity index (χ0v) is 14.2. The maximum absolute atomic E-state index is 12.0. The predicted octanol–water partition coefficient (Wildman–Crippen LogP) is 2.52. The molecule has 0 aromatic carbocycles. The van der Waals surface area contributed by atoms with E-state index in [-0.39, 0.29) is 24.2 Å². The van der Waals surface area contributed by atoms with Gasteiger partial charge in [0.15, 0.2) is 0 Å². The summed E-state index contributed by atoms with van der Waals surface area (Å²) in [7, 11) is 1.99. The molecule has 1 saturated carbocycles. The average molecular weight is 308 g/mol. The molecule has 2 N–H and O–H groups in total. The van der Waals surface area contributed by atoms with Gasteiger partial charge in [-0.2, -0.15) is 0 Å². The van der Waals surface area contributed by atoms with E-state index in [1.165, 1.54) is 0 Å². The SMILES string of the molecule is CC(NC1CCCC1NC(=O)OC(C)(C)C)c1nccn1C. The molecule has 1 amide bonds. The van der Waals surface area contributed by atoms with Gasteiger partial charge in [0, 0.05) is 31.5 Å². The van der Waals surface area contributed by atoms with Crippen LogP contribution in [0.2, 0.25) is 0 Å². The summed E-state index contributed by atoms with van der Waals surface area (Å²) in [6.07, 6.45) is 6.54. The smallest absolute Gasteiger partial charge is 0.407 e. The fraction of sp³-hybridized carbons (Fsp3) is 0.750. The standard InChI is InChI=1S/C16H28N4O2/c1-11(14-17-9-10-20(14)5)18-12-7-6-8-13(12)19-15(21)22-16(2,3)4/h9-13,18H,6-8H2,1-5H3,(H,19,21). The summed E-state index contributed by atoms with van der Waals surface area (Å²) in [5.41, 5.74) is -0.466. The van der Waals surface area contributed by atoms with Crippen molar-refractivity contribution in [2.24, 2.45) is 7.05 Å². The summed E-state index contributed by atoms with van der Waals surface area (Å²) < 4.78 is 7.37. The van der Waals surface area contributed by atoms with E-state index in [1.807, 2.05) is 38.6 Å². The second-order valence-electron chi connectivity index (χ2n) is 7.07. The largest absolute Gasteiger partial charge is 0.444 e. The van der Waals surface area contributed by atoms with Crippen LogP contribution in [0.5, 0.6) is 0 Å². The van der Waals surface area contributed by atoms with E-state index in [1.54, 1.807) is 6.20 Å². The number of amides is 1. The molecule has 2 rings (SSSR count). The van der Waals surface area contributed by atoms with E-state index < -0.39 is 5.60 Å². The number of alkyl carbamates (subject to hydrolysis) is 1. The van der Waals surface area contributed by atoms with Gasteiger partial charge < -0.3 is 19.9 Å².